The standard InChI is InChI=1S/C22H24F4N8O3/c1-20(10-37-21(2,19(28)33-20)22(24,25)26)15-11(23)4-5-13(30-15)31-18(35)14-16(27)32-17-12(29-14)6-7-34(17)8-9-36-3/h4-7H,8-10H2,1-3H3,(H2,27,32)(H2,28,33)(H,30,31,35). The molecule has 3 aromatic rings. The van der Waals surface area contributed by atoms with E-state index in [0.717, 1.165) is 13.0 Å². The highest BCUT2D eigenvalue weighted by molar-refractivity contribution is 6.06. The summed E-state index contributed by atoms with van der Waals surface area (Å²) in [4.78, 5) is 29.4. The maximum Gasteiger partial charge on any atom is 0.424 e. The molecule has 11 nitrogen and oxygen atoms in total. The average Bonchev–Trinajstić information content (AvgIpc) is 3.21. The van der Waals surface area contributed by atoms with Crippen molar-refractivity contribution in [1.82, 2.24) is 19.5 Å². The second kappa shape index (κ2) is 9.23. The Hall–Kier alpha value is -3.85. The summed E-state index contributed by atoms with van der Waals surface area (Å²) in [6.45, 7) is 2.32. The number of carbonyl (C=O) groups is 1. The van der Waals surface area contributed by atoms with Gasteiger partial charge >= 0.3 is 6.18 Å². The largest absolute Gasteiger partial charge is 0.424 e. The molecule has 1 aliphatic rings. The molecule has 5 N–H and O–H groups in total. The van der Waals surface area contributed by atoms with Crippen LogP contribution < -0.4 is 16.8 Å². The van der Waals surface area contributed by atoms with Crippen molar-refractivity contribution >= 4 is 34.5 Å². The number of alkyl halides is 3. The first-order valence-electron chi connectivity index (χ1n) is 11.0. The molecule has 0 fully saturated rings. The Morgan fingerprint density at radius 3 is 2.59 bits per heavy atom. The predicted molar refractivity (Wildman–Crippen MR) is 125 cm³/mol. The van der Waals surface area contributed by atoms with Crippen molar-refractivity contribution < 1.29 is 31.8 Å². The van der Waals surface area contributed by atoms with Gasteiger partial charge in [-0.2, -0.15) is 13.2 Å². The van der Waals surface area contributed by atoms with E-state index in [1.54, 1.807) is 23.9 Å². The lowest BCUT2D eigenvalue weighted by molar-refractivity contribution is -0.249. The molecule has 4 rings (SSSR count). The summed E-state index contributed by atoms with van der Waals surface area (Å²) in [6, 6.07) is 3.81. The Kier molecular flexibility index (Phi) is 6.54. The van der Waals surface area contributed by atoms with E-state index in [1.807, 2.05) is 0 Å². The van der Waals surface area contributed by atoms with E-state index in [4.69, 9.17) is 20.9 Å². The summed E-state index contributed by atoms with van der Waals surface area (Å²) >= 11 is 0. The van der Waals surface area contributed by atoms with E-state index in [0.29, 0.717) is 24.3 Å². The number of ether oxygens (including phenoxy) is 2. The fourth-order valence-electron chi connectivity index (χ4n) is 3.72. The molecule has 3 aromatic heterocycles. The van der Waals surface area contributed by atoms with Crippen molar-refractivity contribution in [1.29, 1.82) is 0 Å². The van der Waals surface area contributed by atoms with Gasteiger partial charge in [-0.1, -0.05) is 0 Å². The molecule has 1 amide bonds. The normalized spacial score (nSPS) is 22.2. The topological polar surface area (TPSA) is 156 Å². The Bertz CT molecular complexity index is 1390. The molecule has 198 valence electrons. The van der Waals surface area contributed by atoms with E-state index in [9.17, 15) is 22.4 Å². The van der Waals surface area contributed by atoms with Crippen LogP contribution in [0.4, 0.5) is 29.2 Å². The maximum absolute atomic E-state index is 14.7. The van der Waals surface area contributed by atoms with E-state index in [2.05, 4.69) is 25.3 Å². The van der Waals surface area contributed by atoms with Crippen LogP contribution in [0.25, 0.3) is 11.2 Å². The number of rotatable bonds is 6. The highest BCUT2D eigenvalue weighted by atomic mass is 19.4. The van der Waals surface area contributed by atoms with Crippen molar-refractivity contribution in [2.24, 2.45) is 10.7 Å². The van der Waals surface area contributed by atoms with Gasteiger partial charge in [0.15, 0.2) is 17.2 Å². The molecule has 2 unspecified atom stereocenters. The monoisotopic (exact) mass is 524 g/mol. The molecule has 1 aliphatic heterocycles. The van der Waals surface area contributed by atoms with Crippen LogP contribution in [0.3, 0.4) is 0 Å². The van der Waals surface area contributed by atoms with Crippen molar-refractivity contribution in [3.63, 3.8) is 0 Å². The van der Waals surface area contributed by atoms with Gasteiger partial charge in [-0.05, 0) is 32.0 Å². The minimum Gasteiger partial charge on any atom is -0.385 e. The second-order valence-corrected chi connectivity index (χ2v) is 8.74. The fourth-order valence-corrected chi connectivity index (χ4v) is 3.72. The molecule has 0 spiro atoms. The highest BCUT2D eigenvalue weighted by Gasteiger charge is 2.59. The molecule has 4 heterocycles. The van der Waals surface area contributed by atoms with Gasteiger partial charge in [-0.15, -0.1) is 0 Å². The number of hydrogen-bond acceptors (Lipinski definition) is 9. The zero-order chi connectivity index (χ0) is 27.2. The third kappa shape index (κ3) is 4.67. The number of amides is 1. The Morgan fingerprint density at radius 2 is 1.95 bits per heavy atom. The lowest BCUT2D eigenvalue weighted by atomic mass is 9.93. The van der Waals surface area contributed by atoms with Gasteiger partial charge in [0.05, 0.1) is 13.2 Å². The van der Waals surface area contributed by atoms with Crippen LogP contribution in [0, 0.1) is 5.82 Å². The number of aromatic nitrogens is 4. The molecule has 0 saturated carbocycles. The number of aliphatic imine (C=N–C) groups is 1. The minimum atomic E-state index is -4.84. The van der Waals surface area contributed by atoms with E-state index in [-0.39, 0.29) is 23.0 Å². The number of nitrogens with one attached hydrogen (secondary N) is 1. The Morgan fingerprint density at radius 1 is 1.22 bits per heavy atom. The lowest BCUT2D eigenvalue weighted by Crippen LogP contribution is -2.60. The van der Waals surface area contributed by atoms with Gasteiger partial charge in [0.25, 0.3) is 5.91 Å². The zero-order valence-corrected chi connectivity index (χ0v) is 20.1. The molecule has 15 heteroatoms. The van der Waals surface area contributed by atoms with E-state index < -0.39 is 41.5 Å². The van der Waals surface area contributed by atoms with E-state index >= 15 is 0 Å². The van der Waals surface area contributed by atoms with E-state index in [1.165, 1.54) is 13.0 Å². The number of nitrogens with two attached hydrogens (primary N) is 2. The second-order valence-electron chi connectivity index (χ2n) is 8.74. The smallest absolute Gasteiger partial charge is 0.385 e. The average molecular weight is 524 g/mol. The summed E-state index contributed by atoms with van der Waals surface area (Å²) in [7, 11) is 1.56. The maximum atomic E-state index is 14.7. The highest BCUT2D eigenvalue weighted by Crippen LogP contribution is 2.41. The van der Waals surface area contributed by atoms with Crippen molar-refractivity contribution in [3.8, 4) is 0 Å². The Balaban J connectivity index is 1.62. The van der Waals surface area contributed by atoms with Crippen LogP contribution in [0.5, 0.6) is 0 Å². The molecule has 37 heavy (non-hydrogen) atoms. The first kappa shape index (κ1) is 26.2. The third-order valence-corrected chi connectivity index (χ3v) is 6.00. The van der Waals surface area contributed by atoms with Crippen molar-refractivity contribution in [2.45, 2.75) is 37.7 Å². The molecule has 0 radical (unpaired) electrons. The zero-order valence-electron chi connectivity index (χ0n) is 20.1. The number of methoxy groups -OCH3 is 1. The number of carbonyl (C=O) groups excluding carboxylic acids is 1. The lowest BCUT2D eigenvalue weighted by Gasteiger charge is -2.40. The number of halogens is 4. The molecule has 0 aliphatic carbocycles. The van der Waals surface area contributed by atoms with Gasteiger partial charge in [-0.3, -0.25) is 9.79 Å². The van der Waals surface area contributed by atoms with Crippen LogP contribution in [0.1, 0.15) is 30.0 Å². The van der Waals surface area contributed by atoms with Crippen LogP contribution in [-0.2, 0) is 21.6 Å². The third-order valence-electron chi connectivity index (χ3n) is 6.00. The van der Waals surface area contributed by atoms with Gasteiger partial charge in [0, 0.05) is 19.9 Å². The van der Waals surface area contributed by atoms with Crippen molar-refractivity contribution in [3.05, 3.63) is 41.6 Å². The number of amidine groups is 1. The molecular weight excluding hydrogens is 500 g/mol. The van der Waals surface area contributed by atoms with Crippen LogP contribution in [0.15, 0.2) is 29.4 Å². The summed E-state index contributed by atoms with van der Waals surface area (Å²) in [6.07, 6.45) is -3.11. The van der Waals surface area contributed by atoms with Gasteiger partial charge in [0.1, 0.15) is 34.2 Å². The fraction of sp³-hybridized carbons (Fsp3) is 0.409. The first-order valence-corrected chi connectivity index (χ1v) is 11.0. The number of nitrogens with zero attached hydrogens (tertiary/aromatic N) is 5. The summed E-state index contributed by atoms with van der Waals surface area (Å²) in [5, 5.41) is 2.45. The number of fused-ring (bicyclic) bond motifs is 1. The molecule has 0 aromatic carbocycles. The van der Waals surface area contributed by atoms with Crippen LogP contribution in [0.2, 0.25) is 0 Å². The SMILES string of the molecule is COCCn1ccc2nc(C(=O)Nc3ccc(F)c(C4(C)COC(C)(C(F)(F)F)C(N)=N4)n3)c(N)nc21. The summed E-state index contributed by atoms with van der Waals surface area (Å²) < 4.78 is 66.8. The number of anilines is 2. The predicted octanol–water partition coefficient (Wildman–Crippen LogP) is 2.37. The van der Waals surface area contributed by atoms with Gasteiger partial charge in [-0.25, -0.2) is 19.3 Å². The van der Waals surface area contributed by atoms with Crippen LogP contribution in [-0.4, -0.2) is 63.4 Å². The van der Waals surface area contributed by atoms with Gasteiger partial charge in [0.2, 0.25) is 5.60 Å². The summed E-state index contributed by atoms with van der Waals surface area (Å²) in [5.41, 5.74) is 7.34. The molecule has 0 bridgehead atoms. The Labute approximate surface area is 207 Å². The van der Waals surface area contributed by atoms with Crippen LogP contribution >= 0.6 is 0 Å². The molecule has 2 atom stereocenters. The minimum absolute atomic E-state index is 0.125. The molecular formula is C22H24F4N8O3. The molecule has 0 saturated heterocycles. The summed E-state index contributed by atoms with van der Waals surface area (Å²) in [5.74, 6) is -2.81. The number of pyridine rings is 1. The van der Waals surface area contributed by atoms with Crippen molar-refractivity contribution in [2.75, 3.05) is 31.4 Å². The number of nitrogen functional groups attached to an aromatic ring is 1. The quantitative estimate of drug-likeness (QED) is 0.415. The van der Waals surface area contributed by atoms with Gasteiger partial charge < -0.3 is 30.8 Å². The number of hydrogen-bond donors (Lipinski definition) is 3. The first-order chi connectivity index (χ1) is 17.3.